The Hall–Kier alpha value is -4.39. The Morgan fingerprint density at radius 1 is 0.972 bits per heavy atom. The summed E-state index contributed by atoms with van der Waals surface area (Å²) in [6.07, 6.45) is 3.30. The third kappa shape index (κ3) is 4.73. The third-order valence-corrected chi connectivity index (χ3v) is 5.86. The first-order valence-corrected chi connectivity index (χ1v) is 11.9. The average molecular weight is 486 g/mol. The quantitative estimate of drug-likeness (QED) is 0.281. The van der Waals surface area contributed by atoms with E-state index in [9.17, 15) is 4.79 Å². The molecule has 1 amide bonds. The minimum absolute atomic E-state index is 0.182. The summed E-state index contributed by atoms with van der Waals surface area (Å²) >= 11 is 0. The maximum Gasteiger partial charge on any atom is 0.248 e. The van der Waals surface area contributed by atoms with Gasteiger partial charge in [0.05, 0.1) is 19.5 Å². The molecule has 184 valence electrons. The molecule has 0 unspecified atom stereocenters. The number of allylic oxidation sites excluding steroid dienone is 1. The summed E-state index contributed by atoms with van der Waals surface area (Å²) in [6.45, 7) is 7.06. The Morgan fingerprint density at radius 2 is 1.75 bits per heavy atom. The summed E-state index contributed by atoms with van der Waals surface area (Å²) in [6, 6.07) is 17.1. The Balaban J connectivity index is 1.46. The number of amides is 1. The molecule has 3 aromatic carbocycles. The number of carbonyl (C=O) groups is 1. The van der Waals surface area contributed by atoms with Gasteiger partial charge in [-0.25, -0.2) is 0 Å². The Labute approximate surface area is 209 Å². The number of benzene rings is 3. The van der Waals surface area contributed by atoms with Crippen LogP contribution in [0.25, 0.3) is 27.7 Å². The van der Waals surface area contributed by atoms with Crippen molar-refractivity contribution in [3.63, 3.8) is 0 Å². The molecule has 7 nitrogen and oxygen atoms in total. The fraction of sp³-hybridized carbons (Fsp3) is 0.207. The third-order valence-electron chi connectivity index (χ3n) is 5.86. The van der Waals surface area contributed by atoms with Crippen molar-refractivity contribution in [1.82, 2.24) is 0 Å². The highest BCUT2D eigenvalue weighted by molar-refractivity contribution is 6.05. The van der Waals surface area contributed by atoms with Crippen LogP contribution in [-0.4, -0.2) is 25.9 Å². The molecule has 0 spiro atoms. The predicted octanol–water partition coefficient (Wildman–Crippen LogP) is 6.67. The van der Waals surface area contributed by atoms with Crippen molar-refractivity contribution < 1.29 is 28.2 Å². The molecule has 5 rings (SSSR count). The number of rotatable bonds is 8. The molecule has 0 radical (unpaired) electrons. The van der Waals surface area contributed by atoms with Gasteiger partial charge in [-0.3, -0.25) is 4.79 Å². The molecule has 1 aromatic heterocycles. The van der Waals surface area contributed by atoms with E-state index >= 15 is 0 Å². The number of anilines is 1. The van der Waals surface area contributed by atoms with Gasteiger partial charge in [0.15, 0.2) is 11.5 Å². The van der Waals surface area contributed by atoms with Crippen LogP contribution in [0.2, 0.25) is 0 Å². The lowest BCUT2D eigenvalue weighted by atomic mass is 9.99. The largest absolute Gasteiger partial charge is 0.494 e. The number of fused-ring (bicyclic) bond motifs is 2. The minimum Gasteiger partial charge on any atom is -0.494 e. The van der Waals surface area contributed by atoms with Crippen molar-refractivity contribution in [2.24, 2.45) is 0 Å². The van der Waals surface area contributed by atoms with E-state index in [1.807, 2.05) is 57.2 Å². The Bertz CT molecular complexity index is 1430. The van der Waals surface area contributed by atoms with Crippen molar-refractivity contribution in [1.29, 1.82) is 0 Å². The molecule has 0 bridgehead atoms. The summed E-state index contributed by atoms with van der Waals surface area (Å²) in [5.74, 6) is 2.49. The van der Waals surface area contributed by atoms with Gasteiger partial charge >= 0.3 is 0 Å². The molecule has 2 heterocycles. The number of hydrogen-bond acceptors (Lipinski definition) is 6. The lowest BCUT2D eigenvalue weighted by Gasteiger charge is -2.12. The number of nitrogens with one attached hydrogen (secondary N) is 1. The van der Waals surface area contributed by atoms with Crippen molar-refractivity contribution in [2.75, 3.05) is 25.3 Å². The van der Waals surface area contributed by atoms with Crippen LogP contribution in [0.15, 0.2) is 71.4 Å². The smallest absolute Gasteiger partial charge is 0.248 e. The number of hydrogen-bond donors (Lipinski definition) is 1. The highest BCUT2D eigenvalue weighted by Gasteiger charge is 2.17. The van der Waals surface area contributed by atoms with Crippen LogP contribution in [0, 0.1) is 0 Å². The predicted molar refractivity (Wildman–Crippen MR) is 139 cm³/mol. The van der Waals surface area contributed by atoms with Crippen LogP contribution in [0.5, 0.6) is 23.0 Å². The fourth-order valence-electron chi connectivity index (χ4n) is 4.19. The summed E-state index contributed by atoms with van der Waals surface area (Å²) in [7, 11) is 0. The van der Waals surface area contributed by atoms with E-state index < -0.39 is 0 Å². The Morgan fingerprint density at radius 3 is 2.53 bits per heavy atom. The minimum atomic E-state index is -0.257. The molecular weight excluding hydrogens is 458 g/mol. The number of furan rings is 1. The van der Waals surface area contributed by atoms with Gasteiger partial charge in [-0.15, -0.1) is 0 Å². The summed E-state index contributed by atoms with van der Waals surface area (Å²) in [5, 5.41) is 3.82. The first-order chi connectivity index (χ1) is 17.6. The van der Waals surface area contributed by atoms with Crippen LogP contribution in [0.1, 0.15) is 26.3 Å². The van der Waals surface area contributed by atoms with Crippen molar-refractivity contribution >= 4 is 28.1 Å². The van der Waals surface area contributed by atoms with E-state index in [0.717, 1.165) is 33.4 Å². The first kappa shape index (κ1) is 23.4. The van der Waals surface area contributed by atoms with Gasteiger partial charge in [0.2, 0.25) is 12.7 Å². The van der Waals surface area contributed by atoms with E-state index in [1.54, 1.807) is 30.5 Å². The molecule has 4 aromatic rings. The summed E-state index contributed by atoms with van der Waals surface area (Å²) in [4.78, 5) is 12.8. The Kier molecular flexibility index (Phi) is 6.54. The molecule has 0 aliphatic carbocycles. The highest BCUT2D eigenvalue weighted by atomic mass is 16.7. The molecular formula is C29H27NO6. The van der Waals surface area contributed by atoms with Gasteiger partial charge in [-0.1, -0.05) is 12.1 Å². The van der Waals surface area contributed by atoms with Crippen LogP contribution in [0.4, 0.5) is 5.69 Å². The monoisotopic (exact) mass is 485 g/mol. The second kappa shape index (κ2) is 10.1. The standard InChI is InChI=1S/C29H27NO6/c1-4-32-21-9-6-19(7-10-21)24-16-34-27-15-26(33-5-2)22(14-23(24)27)18(3)12-29(31)30-20-8-11-25-28(13-20)36-17-35-25/h6-16H,4-5,17H2,1-3H3,(H,30,31)/b18-12+. The van der Waals surface area contributed by atoms with Crippen LogP contribution >= 0.6 is 0 Å². The zero-order chi connectivity index (χ0) is 25.1. The average Bonchev–Trinajstić information content (AvgIpc) is 3.50. The van der Waals surface area contributed by atoms with Gasteiger partial charge < -0.3 is 28.7 Å². The van der Waals surface area contributed by atoms with Crippen LogP contribution in [0.3, 0.4) is 0 Å². The molecule has 1 N–H and O–H groups in total. The number of ether oxygens (including phenoxy) is 4. The zero-order valence-corrected chi connectivity index (χ0v) is 20.4. The van der Waals surface area contributed by atoms with Crippen molar-refractivity contribution in [3.8, 4) is 34.1 Å². The van der Waals surface area contributed by atoms with Gasteiger partial charge in [0, 0.05) is 40.4 Å². The van der Waals surface area contributed by atoms with Gasteiger partial charge in [-0.05, 0) is 62.2 Å². The molecule has 0 saturated carbocycles. The van der Waals surface area contributed by atoms with Gasteiger partial charge in [-0.2, -0.15) is 0 Å². The van der Waals surface area contributed by atoms with E-state index in [4.69, 9.17) is 23.4 Å². The van der Waals surface area contributed by atoms with E-state index in [-0.39, 0.29) is 12.7 Å². The lowest BCUT2D eigenvalue weighted by Crippen LogP contribution is -2.08. The van der Waals surface area contributed by atoms with E-state index in [1.165, 1.54) is 0 Å². The summed E-state index contributed by atoms with van der Waals surface area (Å²) < 4.78 is 28.0. The molecule has 1 aliphatic rings. The van der Waals surface area contributed by atoms with E-state index in [2.05, 4.69) is 5.32 Å². The molecule has 7 heteroatoms. The van der Waals surface area contributed by atoms with Gasteiger partial charge in [0.25, 0.3) is 0 Å². The molecule has 36 heavy (non-hydrogen) atoms. The molecule has 1 aliphatic heterocycles. The first-order valence-electron chi connectivity index (χ1n) is 11.9. The lowest BCUT2D eigenvalue weighted by molar-refractivity contribution is -0.111. The van der Waals surface area contributed by atoms with Crippen molar-refractivity contribution in [3.05, 3.63) is 72.5 Å². The second-order valence-corrected chi connectivity index (χ2v) is 8.27. The maximum absolute atomic E-state index is 12.8. The normalized spacial score (nSPS) is 12.6. The number of carbonyl (C=O) groups excluding carboxylic acids is 1. The molecule has 0 fully saturated rings. The molecule has 0 saturated heterocycles. The van der Waals surface area contributed by atoms with Crippen molar-refractivity contribution in [2.45, 2.75) is 20.8 Å². The maximum atomic E-state index is 12.8. The van der Waals surface area contributed by atoms with Crippen LogP contribution in [-0.2, 0) is 4.79 Å². The second-order valence-electron chi connectivity index (χ2n) is 8.27. The van der Waals surface area contributed by atoms with E-state index in [0.29, 0.717) is 41.7 Å². The van der Waals surface area contributed by atoms with Crippen LogP contribution < -0.4 is 24.3 Å². The fourth-order valence-corrected chi connectivity index (χ4v) is 4.19. The highest BCUT2D eigenvalue weighted by Crippen LogP contribution is 2.38. The van der Waals surface area contributed by atoms with Gasteiger partial charge in [0.1, 0.15) is 17.1 Å². The summed E-state index contributed by atoms with van der Waals surface area (Å²) in [5.41, 5.74) is 4.88. The SMILES string of the molecule is CCOc1ccc(-c2coc3cc(OCC)c(/C(C)=C/C(=O)Nc4ccc5c(c4)OCO5)cc23)cc1. The molecule has 0 atom stereocenters. The topological polar surface area (TPSA) is 79.2 Å². The zero-order valence-electron chi connectivity index (χ0n) is 20.4.